The lowest BCUT2D eigenvalue weighted by Gasteiger charge is -2.11. The second kappa shape index (κ2) is 10.8. The van der Waals surface area contributed by atoms with E-state index in [9.17, 15) is 27.6 Å². The SMILES string of the molecule is C/C(=N\NC(=O)C(=O)Nc1cc(C(F)(F)F)ccc1Cl)c1ccc(OC(=O)c2ccccc2)cc1. The molecule has 0 aliphatic heterocycles. The first kappa shape index (κ1) is 25.4. The summed E-state index contributed by atoms with van der Waals surface area (Å²) in [6.45, 7) is 1.55. The highest BCUT2D eigenvalue weighted by Crippen LogP contribution is 2.33. The van der Waals surface area contributed by atoms with Crippen LogP contribution in [0.4, 0.5) is 18.9 Å². The van der Waals surface area contributed by atoms with E-state index in [1.54, 1.807) is 49.4 Å². The van der Waals surface area contributed by atoms with Crippen LogP contribution < -0.4 is 15.5 Å². The van der Waals surface area contributed by atoms with Crippen LogP contribution in [0.1, 0.15) is 28.4 Å². The molecule has 3 rings (SSSR count). The summed E-state index contributed by atoms with van der Waals surface area (Å²) in [5.74, 6) is -2.71. The first-order chi connectivity index (χ1) is 16.5. The van der Waals surface area contributed by atoms with Crippen LogP contribution in [-0.4, -0.2) is 23.5 Å². The van der Waals surface area contributed by atoms with Gasteiger partial charge in [0.25, 0.3) is 0 Å². The maximum absolute atomic E-state index is 12.9. The number of carbonyl (C=O) groups is 3. The van der Waals surface area contributed by atoms with Crippen molar-refractivity contribution >= 4 is 40.8 Å². The van der Waals surface area contributed by atoms with E-state index in [4.69, 9.17) is 16.3 Å². The predicted octanol–water partition coefficient (Wildman–Crippen LogP) is 5.06. The van der Waals surface area contributed by atoms with Crippen molar-refractivity contribution < 1.29 is 32.3 Å². The monoisotopic (exact) mass is 503 g/mol. The van der Waals surface area contributed by atoms with Crippen molar-refractivity contribution in [2.45, 2.75) is 13.1 Å². The van der Waals surface area contributed by atoms with Crippen LogP contribution >= 0.6 is 11.6 Å². The summed E-state index contributed by atoms with van der Waals surface area (Å²) in [6.07, 6.45) is -4.65. The maximum atomic E-state index is 12.9. The molecule has 0 heterocycles. The minimum Gasteiger partial charge on any atom is -0.423 e. The molecule has 3 aromatic carbocycles. The third-order valence-electron chi connectivity index (χ3n) is 4.57. The number of halogens is 4. The fourth-order valence-electron chi connectivity index (χ4n) is 2.73. The van der Waals surface area contributed by atoms with Crippen LogP contribution in [-0.2, 0) is 15.8 Å². The Labute approximate surface area is 202 Å². The molecule has 0 spiro atoms. The third-order valence-corrected chi connectivity index (χ3v) is 4.89. The van der Waals surface area contributed by atoms with E-state index >= 15 is 0 Å². The molecule has 0 aliphatic carbocycles. The number of hydrogen-bond acceptors (Lipinski definition) is 5. The molecule has 0 aromatic heterocycles. The van der Waals surface area contributed by atoms with Crippen LogP contribution in [0.5, 0.6) is 5.75 Å². The third kappa shape index (κ3) is 6.90. The van der Waals surface area contributed by atoms with Crippen molar-refractivity contribution in [1.82, 2.24) is 5.43 Å². The van der Waals surface area contributed by atoms with Crippen molar-refractivity contribution in [3.8, 4) is 5.75 Å². The van der Waals surface area contributed by atoms with Gasteiger partial charge in [0.1, 0.15) is 5.75 Å². The minimum absolute atomic E-state index is 0.174. The lowest BCUT2D eigenvalue weighted by molar-refractivity contribution is -0.137. The van der Waals surface area contributed by atoms with E-state index in [1.807, 2.05) is 10.7 Å². The standard InChI is InChI=1S/C24H17ClF3N3O4/c1-14(15-7-10-18(11-8-15)35-23(34)16-5-3-2-4-6-16)30-31-22(33)21(32)29-20-13-17(24(26,27)28)9-12-19(20)25/h2-13H,1H3,(H,29,32)(H,31,33)/b30-14+. The second-order valence-corrected chi connectivity index (χ2v) is 7.47. The minimum atomic E-state index is -4.65. The number of benzene rings is 3. The van der Waals surface area contributed by atoms with E-state index in [0.717, 1.165) is 12.1 Å². The molecule has 0 bridgehead atoms. The summed E-state index contributed by atoms with van der Waals surface area (Å²) in [5, 5.41) is 5.66. The lowest BCUT2D eigenvalue weighted by atomic mass is 10.1. The summed E-state index contributed by atoms with van der Waals surface area (Å²) in [6, 6.07) is 17.0. The van der Waals surface area contributed by atoms with Crippen LogP contribution in [0.3, 0.4) is 0 Å². The molecule has 11 heteroatoms. The highest BCUT2D eigenvalue weighted by molar-refractivity contribution is 6.41. The van der Waals surface area contributed by atoms with Crippen LogP contribution in [0.15, 0.2) is 77.9 Å². The van der Waals surface area contributed by atoms with Gasteiger partial charge in [-0.1, -0.05) is 29.8 Å². The molecule has 35 heavy (non-hydrogen) atoms. The van der Waals surface area contributed by atoms with Crippen LogP contribution in [0.25, 0.3) is 0 Å². The van der Waals surface area contributed by atoms with Crippen LogP contribution in [0.2, 0.25) is 5.02 Å². The van der Waals surface area contributed by atoms with Gasteiger partial charge in [-0.15, -0.1) is 0 Å². The average molecular weight is 504 g/mol. The Morgan fingerprint density at radius 2 is 1.54 bits per heavy atom. The van der Waals surface area contributed by atoms with Gasteiger partial charge in [-0.3, -0.25) is 9.59 Å². The van der Waals surface area contributed by atoms with Gasteiger partial charge in [0.15, 0.2) is 0 Å². The zero-order valence-electron chi connectivity index (χ0n) is 18.0. The second-order valence-electron chi connectivity index (χ2n) is 7.06. The lowest BCUT2D eigenvalue weighted by Crippen LogP contribution is -2.33. The summed E-state index contributed by atoms with van der Waals surface area (Å²) in [7, 11) is 0. The van der Waals surface area contributed by atoms with Gasteiger partial charge >= 0.3 is 24.0 Å². The summed E-state index contributed by atoms with van der Waals surface area (Å²) in [5.41, 5.74) is 1.86. The zero-order chi connectivity index (χ0) is 25.6. The number of ether oxygens (including phenoxy) is 1. The van der Waals surface area contributed by atoms with Gasteiger partial charge < -0.3 is 10.1 Å². The number of rotatable bonds is 5. The van der Waals surface area contributed by atoms with Crippen molar-refractivity contribution in [3.63, 3.8) is 0 Å². The number of anilines is 1. The highest BCUT2D eigenvalue weighted by atomic mass is 35.5. The molecule has 0 saturated carbocycles. The number of nitrogens with zero attached hydrogens (tertiary/aromatic N) is 1. The number of carbonyl (C=O) groups excluding carboxylic acids is 3. The van der Waals surface area contributed by atoms with Gasteiger partial charge in [-0.25, -0.2) is 10.2 Å². The number of esters is 1. The largest absolute Gasteiger partial charge is 0.423 e. The van der Waals surface area contributed by atoms with E-state index < -0.39 is 29.5 Å². The van der Waals surface area contributed by atoms with Crippen molar-refractivity contribution in [3.05, 3.63) is 94.5 Å². The zero-order valence-corrected chi connectivity index (χ0v) is 18.8. The quantitative estimate of drug-likeness (QED) is 0.167. The average Bonchev–Trinajstić information content (AvgIpc) is 2.83. The molecule has 7 nitrogen and oxygen atoms in total. The maximum Gasteiger partial charge on any atom is 0.416 e. The van der Waals surface area contributed by atoms with Gasteiger partial charge in [0.2, 0.25) is 0 Å². The number of hydrogen-bond donors (Lipinski definition) is 2. The predicted molar refractivity (Wildman–Crippen MR) is 123 cm³/mol. The van der Waals surface area contributed by atoms with Gasteiger partial charge in [-0.2, -0.15) is 18.3 Å². The van der Waals surface area contributed by atoms with E-state index in [2.05, 4.69) is 5.10 Å². The van der Waals surface area contributed by atoms with Crippen LogP contribution in [0, 0.1) is 0 Å². The topological polar surface area (TPSA) is 96.9 Å². The summed E-state index contributed by atoms with van der Waals surface area (Å²) >= 11 is 5.81. The Kier molecular flexibility index (Phi) is 7.87. The van der Waals surface area contributed by atoms with Gasteiger partial charge in [0, 0.05) is 0 Å². The number of alkyl halides is 3. The molecule has 0 radical (unpaired) electrons. The molecular formula is C24H17ClF3N3O4. The molecule has 0 aliphatic rings. The Morgan fingerprint density at radius 1 is 0.886 bits per heavy atom. The Morgan fingerprint density at radius 3 is 2.17 bits per heavy atom. The molecule has 180 valence electrons. The fourth-order valence-corrected chi connectivity index (χ4v) is 2.90. The molecule has 0 saturated heterocycles. The molecule has 0 fully saturated rings. The van der Waals surface area contributed by atoms with E-state index in [-0.39, 0.29) is 16.5 Å². The Hall–Kier alpha value is -4.18. The fraction of sp³-hybridized carbons (Fsp3) is 0.0833. The molecule has 0 atom stereocenters. The van der Waals surface area contributed by atoms with Gasteiger partial charge in [0.05, 0.1) is 27.5 Å². The van der Waals surface area contributed by atoms with Crippen molar-refractivity contribution in [2.24, 2.45) is 5.10 Å². The number of hydrazone groups is 1. The molecular weight excluding hydrogens is 487 g/mol. The normalized spacial score (nSPS) is 11.5. The smallest absolute Gasteiger partial charge is 0.416 e. The summed E-state index contributed by atoms with van der Waals surface area (Å²) in [4.78, 5) is 36.2. The molecule has 2 amide bonds. The highest BCUT2D eigenvalue weighted by Gasteiger charge is 2.31. The van der Waals surface area contributed by atoms with Crippen molar-refractivity contribution in [1.29, 1.82) is 0 Å². The Balaban J connectivity index is 1.60. The first-order valence-electron chi connectivity index (χ1n) is 9.94. The molecule has 2 N–H and O–H groups in total. The molecule has 0 unspecified atom stereocenters. The summed E-state index contributed by atoms with van der Waals surface area (Å²) < 4.78 is 43.8. The van der Waals surface area contributed by atoms with Gasteiger partial charge in [-0.05, 0) is 67.1 Å². The Bertz CT molecular complexity index is 1280. The molecule has 3 aromatic rings. The van der Waals surface area contributed by atoms with E-state index in [1.165, 1.54) is 12.1 Å². The van der Waals surface area contributed by atoms with E-state index in [0.29, 0.717) is 22.9 Å². The number of nitrogens with one attached hydrogen (secondary N) is 2. The van der Waals surface area contributed by atoms with Crippen molar-refractivity contribution in [2.75, 3.05) is 5.32 Å². The first-order valence-corrected chi connectivity index (χ1v) is 10.3. The number of amides is 2.